The van der Waals surface area contributed by atoms with E-state index in [9.17, 15) is 0 Å². The smallest absolute Gasteiger partial charge is 0.131 e. The van der Waals surface area contributed by atoms with Gasteiger partial charge < -0.3 is 5.73 Å². The average molecular weight is 228 g/mol. The Bertz CT molecular complexity index is 470. The molecule has 1 unspecified atom stereocenters. The lowest BCUT2D eigenvalue weighted by atomic mass is 10.1. The van der Waals surface area contributed by atoms with Gasteiger partial charge >= 0.3 is 0 Å². The molecule has 1 atom stereocenters. The van der Waals surface area contributed by atoms with Crippen LogP contribution in [0.1, 0.15) is 25.1 Å². The first-order valence-corrected chi connectivity index (χ1v) is 5.74. The summed E-state index contributed by atoms with van der Waals surface area (Å²) < 4.78 is 0. The molecule has 2 N–H and O–H groups in total. The highest BCUT2D eigenvalue weighted by atomic mass is 14.9. The Hall–Kier alpha value is -1.81. The number of nitrogens with two attached hydrogens (primary N) is 1. The zero-order valence-corrected chi connectivity index (χ0v) is 9.87. The Labute approximate surface area is 101 Å². The molecule has 0 amide bonds. The fourth-order valence-electron chi connectivity index (χ4n) is 1.67. The molecular formula is C13H16N4. The van der Waals surface area contributed by atoms with Crippen molar-refractivity contribution in [2.45, 2.75) is 19.3 Å². The lowest BCUT2D eigenvalue weighted by Crippen LogP contribution is -2.08. The van der Waals surface area contributed by atoms with Gasteiger partial charge in [0, 0.05) is 30.1 Å². The number of hydrogen-bond donors (Lipinski definition) is 1. The summed E-state index contributed by atoms with van der Waals surface area (Å²) in [5.41, 5.74) is 7.47. The predicted molar refractivity (Wildman–Crippen MR) is 67.3 cm³/mol. The second kappa shape index (κ2) is 5.50. The van der Waals surface area contributed by atoms with Gasteiger partial charge in [0.25, 0.3) is 0 Å². The maximum Gasteiger partial charge on any atom is 0.131 e. The van der Waals surface area contributed by atoms with Gasteiger partial charge in [-0.3, -0.25) is 4.98 Å². The minimum Gasteiger partial charge on any atom is -0.330 e. The molecule has 4 nitrogen and oxygen atoms in total. The third kappa shape index (κ3) is 2.85. The average Bonchev–Trinajstić information content (AvgIpc) is 2.40. The monoisotopic (exact) mass is 228 g/mol. The van der Waals surface area contributed by atoms with Crippen LogP contribution in [0.3, 0.4) is 0 Å². The summed E-state index contributed by atoms with van der Waals surface area (Å²) in [6.07, 6.45) is 6.25. The van der Waals surface area contributed by atoms with E-state index in [1.54, 1.807) is 18.6 Å². The molecule has 2 rings (SSSR count). The van der Waals surface area contributed by atoms with Crippen LogP contribution < -0.4 is 5.73 Å². The third-order valence-electron chi connectivity index (χ3n) is 2.67. The molecule has 0 aliphatic heterocycles. The van der Waals surface area contributed by atoms with Crippen LogP contribution in [0.5, 0.6) is 0 Å². The van der Waals surface area contributed by atoms with Crippen molar-refractivity contribution in [1.82, 2.24) is 15.0 Å². The van der Waals surface area contributed by atoms with Gasteiger partial charge in [-0.15, -0.1) is 0 Å². The highest BCUT2D eigenvalue weighted by Gasteiger charge is 2.09. The zero-order valence-electron chi connectivity index (χ0n) is 9.87. The van der Waals surface area contributed by atoms with E-state index in [1.165, 1.54) is 0 Å². The van der Waals surface area contributed by atoms with Crippen molar-refractivity contribution in [2.75, 3.05) is 6.54 Å². The van der Waals surface area contributed by atoms with Crippen LogP contribution in [0.15, 0.2) is 36.8 Å². The minimum atomic E-state index is 0.289. The molecule has 17 heavy (non-hydrogen) atoms. The summed E-state index contributed by atoms with van der Waals surface area (Å²) >= 11 is 0. The lowest BCUT2D eigenvalue weighted by molar-refractivity contribution is 0.647. The van der Waals surface area contributed by atoms with Crippen molar-refractivity contribution >= 4 is 0 Å². The Morgan fingerprint density at radius 2 is 2.18 bits per heavy atom. The van der Waals surface area contributed by atoms with Gasteiger partial charge in [0.05, 0.1) is 5.69 Å². The molecule has 0 aliphatic rings. The predicted octanol–water partition coefficient (Wildman–Crippen LogP) is 1.99. The number of rotatable bonds is 4. The zero-order chi connectivity index (χ0) is 12.1. The summed E-state index contributed by atoms with van der Waals surface area (Å²) in [5, 5.41) is 0. The SMILES string of the molecule is CC(CCN)c1nccc(-c2cccnc2)n1. The van der Waals surface area contributed by atoms with Gasteiger partial charge in [-0.25, -0.2) is 9.97 Å². The molecule has 0 spiro atoms. The lowest BCUT2D eigenvalue weighted by Gasteiger charge is -2.09. The van der Waals surface area contributed by atoms with Crippen molar-refractivity contribution < 1.29 is 0 Å². The highest BCUT2D eigenvalue weighted by Crippen LogP contribution is 2.19. The van der Waals surface area contributed by atoms with Crippen molar-refractivity contribution in [3.63, 3.8) is 0 Å². The van der Waals surface area contributed by atoms with E-state index in [0.29, 0.717) is 6.54 Å². The summed E-state index contributed by atoms with van der Waals surface area (Å²) in [6, 6.07) is 5.79. The molecule has 4 heteroatoms. The van der Waals surface area contributed by atoms with E-state index >= 15 is 0 Å². The van der Waals surface area contributed by atoms with Crippen molar-refractivity contribution in [3.05, 3.63) is 42.6 Å². The van der Waals surface area contributed by atoms with Gasteiger partial charge in [-0.2, -0.15) is 0 Å². The first kappa shape index (κ1) is 11.7. The summed E-state index contributed by atoms with van der Waals surface area (Å²) in [6.45, 7) is 2.75. The van der Waals surface area contributed by atoms with E-state index in [2.05, 4.69) is 21.9 Å². The summed E-state index contributed by atoms with van der Waals surface area (Å²) in [7, 11) is 0. The summed E-state index contributed by atoms with van der Waals surface area (Å²) in [4.78, 5) is 12.9. The van der Waals surface area contributed by atoms with Gasteiger partial charge in [0.15, 0.2) is 0 Å². The van der Waals surface area contributed by atoms with E-state index in [4.69, 9.17) is 5.73 Å². The second-order valence-electron chi connectivity index (χ2n) is 4.02. The van der Waals surface area contributed by atoms with Crippen LogP contribution >= 0.6 is 0 Å². The second-order valence-corrected chi connectivity index (χ2v) is 4.02. The molecule has 2 heterocycles. The quantitative estimate of drug-likeness (QED) is 0.869. The van der Waals surface area contributed by atoms with E-state index in [0.717, 1.165) is 23.5 Å². The highest BCUT2D eigenvalue weighted by molar-refractivity contribution is 5.56. The Kier molecular flexibility index (Phi) is 3.77. The topological polar surface area (TPSA) is 64.7 Å². The molecular weight excluding hydrogens is 212 g/mol. The maximum atomic E-state index is 5.55. The standard InChI is InChI=1S/C13H16N4/c1-10(4-6-14)13-16-8-5-12(17-13)11-3-2-7-15-9-11/h2-3,5,7-10H,4,6,14H2,1H3. The van der Waals surface area contributed by atoms with Crippen LogP contribution in [0.2, 0.25) is 0 Å². The Morgan fingerprint density at radius 3 is 2.88 bits per heavy atom. The fourth-order valence-corrected chi connectivity index (χ4v) is 1.67. The molecule has 2 aromatic heterocycles. The molecule has 0 aromatic carbocycles. The number of pyridine rings is 1. The Morgan fingerprint density at radius 1 is 1.29 bits per heavy atom. The largest absolute Gasteiger partial charge is 0.330 e. The van der Waals surface area contributed by atoms with Crippen LogP contribution in [-0.4, -0.2) is 21.5 Å². The summed E-state index contributed by atoms with van der Waals surface area (Å²) in [5.74, 6) is 1.13. The van der Waals surface area contributed by atoms with Crippen LogP contribution in [0.25, 0.3) is 11.3 Å². The number of hydrogen-bond acceptors (Lipinski definition) is 4. The van der Waals surface area contributed by atoms with Crippen LogP contribution in [0.4, 0.5) is 0 Å². The van der Waals surface area contributed by atoms with Crippen molar-refractivity contribution in [2.24, 2.45) is 5.73 Å². The molecule has 0 bridgehead atoms. The van der Waals surface area contributed by atoms with Crippen molar-refractivity contribution in [1.29, 1.82) is 0 Å². The third-order valence-corrected chi connectivity index (χ3v) is 2.67. The van der Waals surface area contributed by atoms with Crippen LogP contribution in [-0.2, 0) is 0 Å². The maximum absolute atomic E-state index is 5.55. The molecule has 0 saturated heterocycles. The van der Waals surface area contributed by atoms with Gasteiger partial charge in [0.1, 0.15) is 5.82 Å². The Balaban J connectivity index is 2.29. The van der Waals surface area contributed by atoms with E-state index in [-0.39, 0.29) is 5.92 Å². The molecule has 88 valence electrons. The van der Waals surface area contributed by atoms with Gasteiger partial charge in [-0.05, 0) is 31.2 Å². The molecule has 0 radical (unpaired) electrons. The van der Waals surface area contributed by atoms with Gasteiger partial charge in [-0.1, -0.05) is 6.92 Å². The molecule has 0 aliphatic carbocycles. The van der Waals surface area contributed by atoms with E-state index < -0.39 is 0 Å². The minimum absolute atomic E-state index is 0.289. The molecule has 2 aromatic rings. The van der Waals surface area contributed by atoms with Gasteiger partial charge in [0.2, 0.25) is 0 Å². The number of nitrogens with zero attached hydrogens (tertiary/aromatic N) is 3. The van der Waals surface area contributed by atoms with Crippen LogP contribution in [0, 0.1) is 0 Å². The first-order chi connectivity index (χ1) is 8.31. The first-order valence-electron chi connectivity index (χ1n) is 5.74. The molecule has 0 fully saturated rings. The molecule has 0 saturated carbocycles. The fraction of sp³-hybridized carbons (Fsp3) is 0.308. The normalized spacial score (nSPS) is 12.4. The van der Waals surface area contributed by atoms with E-state index in [1.807, 2.05) is 18.2 Å². The van der Waals surface area contributed by atoms with Crippen molar-refractivity contribution in [3.8, 4) is 11.3 Å². The number of aromatic nitrogens is 3.